The molecular weight excluding hydrogens is 354 g/mol. The van der Waals surface area contributed by atoms with Gasteiger partial charge in [0.15, 0.2) is 11.1 Å². The van der Waals surface area contributed by atoms with Gasteiger partial charge in [0.1, 0.15) is 0 Å². The van der Waals surface area contributed by atoms with E-state index in [1.165, 1.54) is 25.7 Å². The maximum Gasteiger partial charge on any atom is 0.224 e. The zero-order valence-electron chi connectivity index (χ0n) is 11.8. The van der Waals surface area contributed by atoms with Gasteiger partial charge < -0.3 is 10.3 Å². The molecule has 116 valence electrons. The van der Waals surface area contributed by atoms with Crippen LogP contribution in [0.15, 0.2) is 22.7 Å². The van der Waals surface area contributed by atoms with Crippen LogP contribution in [0.4, 0.5) is 0 Å². The van der Waals surface area contributed by atoms with E-state index in [4.69, 9.17) is 10.3 Å². The minimum Gasteiger partial charge on any atom is -0.369 e. The molecule has 1 saturated carbocycles. The van der Waals surface area contributed by atoms with Crippen LogP contribution >= 0.6 is 15.9 Å². The van der Waals surface area contributed by atoms with Crippen molar-refractivity contribution >= 4 is 32.9 Å². The Kier molecular flexibility index (Phi) is 5.96. The van der Waals surface area contributed by atoms with Gasteiger partial charge in [0, 0.05) is 4.47 Å². The zero-order valence-corrected chi connectivity index (χ0v) is 14.2. The first-order valence-corrected chi connectivity index (χ1v) is 9.19. The highest BCUT2D eigenvalue weighted by Gasteiger charge is 2.25. The summed E-state index contributed by atoms with van der Waals surface area (Å²) in [6, 6.07) is 5.49. The van der Waals surface area contributed by atoms with Crippen molar-refractivity contribution in [1.82, 2.24) is 0 Å². The van der Waals surface area contributed by atoms with Crippen molar-refractivity contribution in [3.8, 4) is 0 Å². The third-order valence-corrected chi connectivity index (χ3v) is 5.44. The number of hydrogen-bond donors (Lipinski definition) is 2. The molecule has 1 aromatic rings. The standard InChI is InChI=1S/C15H20BrNO3S/c16-14-8-11(5-6-12(14)9-21(19)20)13(15(17)18)7-10-3-1-2-4-10/h5-6,8,10,13H,1-4,7,9H2,(H2,17,18)(H,19,20). The Balaban J connectivity index is 2.17. The summed E-state index contributed by atoms with van der Waals surface area (Å²) in [6.45, 7) is 0. The normalized spacial score (nSPS) is 18.6. The van der Waals surface area contributed by atoms with Crippen LogP contribution < -0.4 is 5.73 Å². The molecule has 6 heteroatoms. The Labute approximate surface area is 135 Å². The summed E-state index contributed by atoms with van der Waals surface area (Å²) >= 11 is 1.53. The number of rotatable bonds is 6. The first-order chi connectivity index (χ1) is 9.97. The van der Waals surface area contributed by atoms with Crippen molar-refractivity contribution in [3.63, 3.8) is 0 Å². The molecule has 2 atom stereocenters. The van der Waals surface area contributed by atoms with Gasteiger partial charge in [-0.3, -0.25) is 4.79 Å². The Morgan fingerprint density at radius 3 is 2.62 bits per heavy atom. The lowest BCUT2D eigenvalue weighted by molar-refractivity contribution is -0.119. The van der Waals surface area contributed by atoms with E-state index in [2.05, 4.69) is 15.9 Å². The second-order valence-corrected chi connectivity index (χ2v) is 7.44. The summed E-state index contributed by atoms with van der Waals surface area (Å²) in [6.07, 6.45) is 5.62. The maximum atomic E-state index is 11.8. The van der Waals surface area contributed by atoms with E-state index in [1.54, 1.807) is 6.07 Å². The number of benzene rings is 1. The van der Waals surface area contributed by atoms with Crippen LogP contribution in [-0.4, -0.2) is 14.7 Å². The Hall–Kier alpha value is -0.720. The van der Waals surface area contributed by atoms with Gasteiger partial charge in [-0.1, -0.05) is 53.7 Å². The topological polar surface area (TPSA) is 80.4 Å². The Bertz CT molecular complexity index is 544. The van der Waals surface area contributed by atoms with Gasteiger partial charge in [0.05, 0.1) is 11.7 Å². The van der Waals surface area contributed by atoms with Crippen molar-refractivity contribution in [2.45, 2.75) is 43.8 Å². The maximum absolute atomic E-state index is 11.8. The number of halogens is 1. The lowest BCUT2D eigenvalue weighted by Gasteiger charge is -2.19. The van der Waals surface area contributed by atoms with Crippen LogP contribution in [0, 0.1) is 5.92 Å². The van der Waals surface area contributed by atoms with Crippen LogP contribution in [0.1, 0.15) is 49.1 Å². The highest BCUT2D eigenvalue weighted by Crippen LogP contribution is 2.35. The molecule has 2 rings (SSSR count). The van der Waals surface area contributed by atoms with Crippen LogP contribution in [-0.2, 0) is 21.6 Å². The van der Waals surface area contributed by atoms with Crippen LogP contribution in [0.3, 0.4) is 0 Å². The fourth-order valence-electron chi connectivity index (χ4n) is 3.03. The fourth-order valence-corrected chi connectivity index (χ4v) is 4.27. The van der Waals surface area contributed by atoms with Gasteiger partial charge in [0.25, 0.3) is 0 Å². The predicted octanol–water partition coefficient (Wildman–Crippen LogP) is 3.32. The van der Waals surface area contributed by atoms with Gasteiger partial charge in [0.2, 0.25) is 5.91 Å². The molecule has 0 aliphatic heterocycles. The summed E-state index contributed by atoms with van der Waals surface area (Å²) < 4.78 is 20.6. The summed E-state index contributed by atoms with van der Waals surface area (Å²) in [5.74, 6) is 0.0707. The molecular formula is C15H20BrNO3S. The van der Waals surface area contributed by atoms with Gasteiger partial charge >= 0.3 is 0 Å². The van der Waals surface area contributed by atoms with Gasteiger partial charge in [-0.25, -0.2) is 4.21 Å². The molecule has 1 fully saturated rings. The second kappa shape index (κ2) is 7.51. The molecule has 1 aromatic carbocycles. The number of amides is 1. The Morgan fingerprint density at radius 1 is 1.43 bits per heavy atom. The number of hydrogen-bond acceptors (Lipinski definition) is 2. The zero-order chi connectivity index (χ0) is 15.4. The van der Waals surface area contributed by atoms with Crippen molar-refractivity contribution < 1.29 is 13.6 Å². The largest absolute Gasteiger partial charge is 0.369 e. The highest BCUT2D eigenvalue weighted by atomic mass is 79.9. The minimum absolute atomic E-state index is 0.0741. The first kappa shape index (κ1) is 16.6. The molecule has 2 unspecified atom stereocenters. The molecule has 0 saturated heterocycles. The molecule has 0 radical (unpaired) electrons. The highest BCUT2D eigenvalue weighted by molar-refractivity contribution is 9.10. The minimum atomic E-state index is -1.88. The van der Waals surface area contributed by atoms with E-state index in [0.29, 0.717) is 5.92 Å². The lowest BCUT2D eigenvalue weighted by atomic mass is 9.87. The lowest BCUT2D eigenvalue weighted by Crippen LogP contribution is -2.23. The third kappa shape index (κ3) is 4.63. The molecule has 4 nitrogen and oxygen atoms in total. The van der Waals surface area contributed by atoms with E-state index < -0.39 is 11.1 Å². The van der Waals surface area contributed by atoms with Crippen LogP contribution in [0.2, 0.25) is 0 Å². The summed E-state index contributed by atoms with van der Waals surface area (Å²) in [7, 11) is 0. The van der Waals surface area contributed by atoms with Crippen molar-refractivity contribution in [3.05, 3.63) is 33.8 Å². The average Bonchev–Trinajstić information content (AvgIpc) is 2.90. The third-order valence-electron chi connectivity index (χ3n) is 4.15. The summed E-state index contributed by atoms with van der Waals surface area (Å²) in [5, 5.41) is 0. The van der Waals surface area contributed by atoms with Gasteiger partial charge in [-0.05, 0) is 29.5 Å². The van der Waals surface area contributed by atoms with Crippen molar-refractivity contribution in [2.75, 3.05) is 0 Å². The molecule has 3 N–H and O–H groups in total. The van der Waals surface area contributed by atoms with E-state index in [9.17, 15) is 9.00 Å². The molecule has 0 aromatic heterocycles. The molecule has 0 bridgehead atoms. The molecule has 1 aliphatic carbocycles. The molecule has 0 spiro atoms. The fraction of sp³-hybridized carbons (Fsp3) is 0.533. The van der Waals surface area contributed by atoms with Crippen molar-refractivity contribution in [2.24, 2.45) is 11.7 Å². The predicted molar refractivity (Wildman–Crippen MR) is 87.1 cm³/mol. The van der Waals surface area contributed by atoms with Crippen molar-refractivity contribution in [1.29, 1.82) is 0 Å². The summed E-state index contributed by atoms with van der Waals surface area (Å²) in [5.41, 5.74) is 7.21. The monoisotopic (exact) mass is 373 g/mol. The molecule has 21 heavy (non-hydrogen) atoms. The van der Waals surface area contributed by atoms with E-state index in [0.717, 1.165) is 22.0 Å². The van der Waals surface area contributed by atoms with E-state index in [1.807, 2.05) is 12.1 Å². The summed E-state index contributed by atoms with van der Waals surface area (Å²) in [4.78, 5) is 11.8. The Morgan fingerprint density at radius 2 is 2.10 bits per heavy atom. The van der Waals surface area contributed by atoms with E-state index in [-0.39, 0.29) is 17.6 Å². The van der Waals surface area contributed by atoms with Crippen LogP contribution in [0.25, 0.3) is 0 Å². The van der Waals surface area contributed by atoms with Gasteiger partial charge in [-0.15, -0.1) is 0 Å². The SMILES string of the molecule is NC(=O)C(CC1CCCC1)c1ccc(CS(=O)O)c(Br)c1. The molecule has 1 amide bonds. The average molecular weight is 374 g/mol. The first-order valence-electron chi connectivity index (χ1n) is 7.12. The van der Waals surface area contributed by atoms with Gasteiger partial charge in [-0.2, -0.15) is 0 Å². The van der Waals surface area contributed by atoms with Crippen LogP contribution in [0.5, 0.6) is 0 Å². The number of nitrogens with two attached hydrogens (primary N) is 1. The number of carbonyl (C=O) groups excluding carboxylic acids is 1. The second-order valence-electron chi connectivity index (χ2n) is 5.66. The quantitative estimate of drug-likeness (QED) is 0.750. The molecule has 1 aliphatic rings. The number of carbonyl (C=O) groups is 1. The number of primary amides is 1. The smallest absolute Gasteiger partial charge is 0.224 e. The van der Waals surface area contributed by atoms with E-state index >= 15 is 0 Å². The molecule has 0 heterocycles.